The molecule has 1 aliphatic heterocycles. The van der Waals surface area contributed by atoms with Gasteiger partial charge in [-0.25, -0.2) is 4.98 Å². The highest BCUT2D eigenvalue weighted by Gasteiger charge is 2.33. The number of pyridine rings is 1. The Morgan fingerprint density at radius 3 is 2.81 bits per heavy atom. The summed E-state index contributed by atoms with van der Waals surface area (Å²) in [5.74, 6) is 0. The highest BCUT2D eigenvalue weighted by atomic mass is 32.2. The van der Waals surface area contributed by atoms with Crippen LogP contribution in [-0.2, 0) is 10.2 Å². The van der Waals surface area contributed by atoms with Crippen molar-refractivity contribution in [2.45, 2.75) is 50.0 Å². The predicted octanol–water partition coefficient (Wildman–Crippen LogP) is 5.62. The average Bonchev–Trinajstić information content (AvgIpc) is 2.78. The van der Waals surface area contributed by atoms with Crippen LogP contribution in [0.5, 0.6) is 0 Å². The van der Waals surface area contributed by atoms with Crippen LogP contribution in [0.25, 0.3) is 10.9 Å². The number of rotatable bonds is 5. The zero-order chi connectivity index (χ0) is 22.0. The van der Waals surface area contributed by atoms with Crippen LogP contribution in [0.4, 0.5) is 5.69 Å². The maximum atomic E-state index is 9.84. The summed E-state index contributed by atoms with van der Waals surface area (Å²) in [4.78, 5) is 5.79. The van der Waals surface area contributed by atoms with Crippen molar-refractivity contribution in [3.8, 4) is 6.07 Å². The largest absolute Gasteiger partial charge is 0.381 e. The van der Waals surface area contributed by atoms with Gasteiger partial charge in [0.15, 0.2) is 0 Å². The van der Waals surface area contributed by atoms with Crippen molar-refractivity contribution < 1.29 is 4.74 Å². The van der Waals surface area contributed by atoms with Gasteiger partial charge in [0.1, 0.15) is 11.8 Å². The molecular formula is C25H28N4OS. The Morgan fingerprint density at radius 1 is 1.29 bits per heavy atom. The lowest BCUT2D eigenvalue weighted by Gasteiger charge is -2.34. The molecule has 2 aromatic carbocycles. The third-order valence-corrected chi connectivity index (χ3v) is 6.77. The predicted molar refractivity (Wildman–Crippen MR) is 127 cm³/mol. The fourth-order valence-electron chi connectivity index (χ4n) is 4.50. The maximum absolute atomic E-state index is 9.84. The average molecular weight is 433 g/mol. The van der Waals surface area contributed by atoms with E-state index in [1.165, 1.54) is 11.9 Å². The van der Waals surface area contributed by atoms with Crippen LogP contribution in [0.3, 0.4) is 0 Å². The van der Waals surface area contributed by atoms with E-state index in [-0.39, 0.29) is 11.5 Å². The molecule has 0 spiro atoms. The standard InChI is InChI=1S/C25H28N4OS/c1-16-11-18(17(2)28-21-7-4-5-8-24(21)31-27)19-13-20(23(14-26)29-22(19)12-16)25(3)9-6-10-30-15-25/h4-5,7-8,11-13,17,28H,6,9-10,15,27H2,1-3H3. The molecule has 2 unspecified atom stereocenters. The number of hydrogen-bond acceptors (Lipinski definition) is 6. The van der Waals surface area contributed by atoms with Gasteiger partial charge in [-0.05, 0) is 79.6 Å². The lowest BCUT2D eigenvalue weighted by Crippen LogP contribution is -2.34. The molecule has 2 heterocycles. The minimum atomic E-state index is -0.202. The molecule has 3 N–H and O–H groups in total. The van der Waals surface area contributed by atoms with Crippen LogP contribution in [0, 0.1) is 18.3 Å². The fraction of sp³-hybridized carbons (Fsp3) is 0.360. The highest BCUT2D eigenvalue weighted by molar-refractivity contribution is 7.97. The first-order chi connectivity index (χ1) is 14.9. The summed E-state index contributed by atoms with van der Waals surface area (Å²) in [7, 11) is 0. The molecule has 6 heteroatoms. The fourth-order valence-corrected chi connectivity index (χ4v) is 4.91. The summed E-state index contributed by atoms with van der Waals surface area (Å²) >= 11 is 1.24. The summed E-state index contributed by atoms with van der Waals surface area (Å²) in [6, 6.07) is 16.8. The molecule has 0 saturated carbocycles. The summed E-state index contributed by atoms with van der Waals surface area (Å²) in [6.07, 6.45) is 1.98. The van der Waals surface area contributed by atoms with E-state index in [1.54, 1.807) is 0 Å². The van der Waals surface area contributed by atoms with E-state index in [9.17, 15) is 5.26 Å². The molecule has 2 atom stereocenters. The van der Waals surface area contributed by atoms with Crippen molar-refractivity contribution in [3.05, 3.63) is 64.8 Å². The van der Waals surface area contributed by atoms with E-state index in [4.69, 9.17) is 14.9 Å². The zero-order valence-electron chi connectivity index (χ0n) is 18.2. The van der Waals surface area contributed by atoms with Crippen LogP contribution in [-0.4, -0.2) is 18.2 Å². The van der Waals surface area contributed by atoms with E-state index < -0.39 is 0 Å². The van der Waals surface area contributed by atoms with Crippen molar-refractivity contribution in [1.29, 1.82) is 5.26 Å². The molecule has 0 aliphatic carbocycles. The first-order valence-corrected chi connectivity index (χ1v) is 11.5. The van der Waals surface area contributed by atoms with Crippen molar-refractivity contribution in [2.75, 3.05) is 18.5 Å². The van der Waals surface area contributed by atoms with Gasteiger partial charge in [-0.1, -0.05) is 25.1 Å². The number of hydrogen-bond donors (Lipinski definition) is 2. The third kappa shape index (κ3) is 4.27. The SMILES string of the molecule is Cc1cc(C(C)Nc2ccccc2SN)c2cc(C3(C)CCCOC3)c(C#N)nc2c1. The second-order valence-electron chi connectivity index (χ2n) is 8.61. The van der Waals surface area contributed by atoms with Crippen molar-refractivity contribution >= 4 is 28.5 Å². The molecule has 3 aromatic rings. The summed E-state index contributed by atoms with van der Waals surface area (Å²) in [5, 5.41) is 20.4. The Bertz CT molecular complexity index is 1150. The Morgan fingerprint density at radius 2 is 2.10 bits per heavy atom. The van der Waals surface area contributed by atoms with Crippen LogP contribution in [0.15, 0.2) is 47.4 Å². The Hall–Kier alpha value is -2.59. The zero-order valence-corrected chi connectivity index (χ0v) is 19.1. The molecule has 1 saturated heterocycles. The monoisotopic (exact) mass is 432 g/mol. The Kier molecular flexibility index (Phi) is 6.19. The van der Waals surface area contributed by atoms with Gasteiger partial charge in [-0.3, -0.25) is 5.14 Å². The number of aryl methyl sites for hydroxylation is 1. The normalized spacial score (nSPS) is 19.7. The van der Waals surface area contributed by atoms with Gasteiger partial charge in [-0.2, -0.15) is 5.26 Å². The number of aromatic nitrogens is 1. The summed E-state index contributed by atoms with van der Waals surface area (Å²) in [5.41, 5.74) is 5.42. The molecule has 1 fully saturated rings. The number of ether oxygens (including phenoxy) is 1. The minimum absolute atomic E-state index is 0.0358. The quantitative estimate of drug-likeness (QED) is 0.509. The van der Waals surface area contributed by atoms with E-state index >= 15 is 0 Å². The lowest BCUT2D eigenvalue weighted by molar-refractivity contribution is 0.0417. The van der Waals surface area contributed by atoms with Crippen molar-refractivity contribution in [3.63, 3.8) is 0 Å². The van der Waals surface area contributed by atoms with Gasteiger partial charge in [0.2, 0.25) is 0 Å². The molecule has 1 aromatic heterocycles. The number of anilines is 1. The summed E-state index contributed by atoms with van der Waals surface area (Å²) < 4.78 is 5.79. The van der Waals surface area contributed by atoms with Crippen LogP contribution >= 0.6 is 11.9 Å². The van der Waals surface area contributed by atoms with Gasteiger partial charge < -0.3 is 10.1 Å². The highest BCUT2D eigenvalue weighted by Crippen LogP contribution is 2.38. The van der Waals surface area contributed by atoms with Gasteiger partial charge >= 0.3 is 0 Å². The number of para-hydroxylation sites is 1. The van der Waals surface area contributed by atoms with E-state index in [1.807, 2.05) is 24.3 Å². The number of nitrogens with two attached hydrogens (primary N) is 1. The van der Waals surface area contributed by atoms with Crippen LogP contribution in [0.2, 0.25) is 0 Å². The molecule has 1 aliphatic rings. The third-order valence-electron chi connectivity index (χ3n) is 6.16. The van der Waals surface area contributed by atoms with E-state index in [0.717, 1.165) is 57.6 Å². The van der Waals surface area contributed by atoms with Gasteiger partial charge in [0.05, 0.1) is 12.1 Å². The maximum Gasteiger partial charge on any atom is 0.145 e. The van der Waals surface area contributed by atoms with Gasteiger partial charge in [-0.15, -0.1) is 0 Å². The first-order valence-electron chi connectivity index (χ1n) is 10.6. The van der Waals surface area contributed by atoms with Crippen molar-refractivity contribution in [2.24, 2.45) is 5.14 Å². The van der Waals surface area contributed by atoms with E-state index in [2.05, 4.69) is 50.4 Å². The second-order valence-corrected chi connectivity index (χ2v) is 9.29. The van der Waals surface area contributed by atoms with Gasteiger partial charge in [0, 0.05) is 34.0 Å². The number of nitriles is 1. The van der Waals surface area contributed by atoms with Crippen molar-refractivity contribution in [1.82, 2.24) is 4.98 Å². The van der Waals surface area contributed by atoms with Crippen LogP contribution in [0.1, 0.15) is 55.1 Å². The Balaban J connectivity index is 1.83. The first kappa shape index (κ1) is 21.6. The molecule has 31 heavy (non-hydrogen) atoms. The lowest BCUT2D eigenvalue weighted by atomic mass is 9.76. The van der Waals surface area contributed by atoms with E-state index in [0.29, 0.717) is 12.3 Å². The molecule has 160 valence electrons. The summed E-state index contributed by atoms with van der Waals surface area (Å²) in [6.45, 7) is 7.79. The van der Waals surface area contributed by atoms with Crippen LogP contribution < -0.4 is 10.5 Å². The molecule has 0 bridgehead atoms. The second kappa shape index (κ2) is 8.88. The molecular weight excluding hydrogens is 404 g/mol. The minimum Gasteiger partial charge on any atom is -0.381 e. The molecule has 5 nitrogen and oxygen atoms in total. The smallest absolute Gasteiger partial charge is 0.145 e. The number of nitrogens with one attached hydrogen (secondary N) is 1. The molecule has 0 amide bonds. The molecule has 0 radical (unpaired) electrons. The Labute approximate surface area is 188 Å². The van der Waals surface area contributed by atoms with Gasteiger partial charge in [0.25, 0.3) is 0 Å². The number of fused-ring (bicyclic) bond motifs is 1. The number of benzene rings is 2. The number of nitrogens with zero attached hydrogens (tertiary/aromatic N) is 2. The topological polar surface area (TPSA) is 84.0 Å². The molecule has 4 rings (SSSR count).